The van der Waals surface area contributed by atoms with Crippen LogP contribution < -0.4 is 5.32 Å². The van der Waals surface area contributed by atoms with Crippen molar-refractivity contribution >= 4 is 28.2 Å². The van der Waals surface area contributed by atoms with Crippen molar-refractivity contribution in [1.82, 2.24) is 20.0 Å². The topological polar surface area (TPSA) is 55.6 Å². The van der Waals surface area contributed by atoms with E-state index in [1.54, 1.807) is 16.8 Å². The summed E-state index contributed by atoms with van der Waals surface area (Å²) in [7, 11) is 0. The van der Waals surface area contributed by atoms with Gasteiger partial charge in [-0.05, 0) is 67.1 Å². The normalized spacial score (nSPS) is 13.4. The van der Waals surface area contributed by atoms with Gasteiger partial charge in [0.15, 0.2) is 0 Å². The lowest BCUT2D eigenvalue weighted by atomic mass is 9.92. The highest BCUT2D eigenvalue weighted by molar-refractivity contribution is 6.31. The monoisotopic (exact) mass is 421 g/mol. The molecule has 2 aromatic carbocycles. The third-order valence-corrected chi connectivity index (χ3v) is 5.75. The van der Waals surface area contributed by atoms with Crippen LogP contribution in [0.5, 0.6) is 0 Å². The smallest absolute Gasteiger partial charge is 0.123 e. The summed E-state index contributed by atoms with van der Waals surface area (Å²) in [5.41, 5.74) is 6.35. The van der Waals surface area contributed by atoms with Gasteiger partial charge in [-0.15, -0.1) is 5.10 Å². The molecule has 1 N–H and O–H groups in total. The predicted octanol–water partition coefficient (Wildman–Crippen LogP) is 5.16. The van der Waals surface area contributed by atoms with Gasteiger partial charge in [0, 0.05) is 21.8 Å². The summed E-state index contributed by atoms with van der Waals surface area (Å²) in [6.45, 7) is 1.11. The average Bonchev–Trinajstić information content (AvgIpc) is 3.20. The fraction of sp³-hybridized carbons (Fsp3) is 0.261. The minimum Gasteiger partial charge on any atom is -0.378 e. The van der Waals surface area contributed by atoms with Crippen LogP contribution in [0.1, 0.15) is 35.4 Å². The maximum Gasteiger partial charge on any atom is 0.123 e. The second-order valence-electron chi connectivity index (χ2n) is 7.67. The molecule has 0 amide bonds. The number of fused-ring (bicyclic) bond motifs is 2. The molecule has 1 aliphatic carbocycles. The predicted molar refractivity (Wildman–Crippen MR) is 116 cm³/mol. The molecule has 5 nitrogen and oxygen atoms in total. The van der Waals surface area contributed by atoms with Crippen molar-refractivity contribution in [3.05, 3.63) is 82.0 Å². The number of hydrogen-bond donors (Lipinski definition) is 1. The van der Waals surface area contributed by atoms with Crippen LogP contribution in [-0.2, 0) is 25.9 Å². The minimum atomic E-state index is -0.241. The molecular formula is C23H21ClFN5. The molecule has 0 radical (unpaired) electrons. The Hall–Kier alpha value is -2.99. The Morgan fingerprint density at radius 2 is 1.90 bits per heavy atom. The molecule has 5 rings (SSSR count). The number of aryl methyl sites for hydroxylation is 1. The highest BCUT2D eigenvalue weighted by Crippen LogP contribution is 2.34. The molecule has 0 spiro atoms. The number of aromatic nitrogens is 4. The molecule has 2 aromatic heterocycles. The van der Waals surface area contributed by atoms with E-state index in [-0.39, 0.29) is 5.82 Å². The van der Waals surface area contributed by atoms with Crippen LogP contribution in [0, 0.1) is 5.82 Å². The van der Waals surface area contributed by atoms with Crippen LogP contribution in [0.3, 0.4) is 0 Å². The van der Waals surface area contributed by atoms with E-state index in [0.717, 1.165) is 40.7 Å². The number of rotatable bonds is 5. The standard InChI is InChI=1S/C23H21ClFN5/c24-16-7-10-22-20(11-16)23(19-3-1-2-4-21(19)27-22)26-12-18-14-30(29-28-18)13-15-5-8-17(25)9-6-15/h5-11,14H,1-4,12-13H2,(H,26,27). The zero-order valence-corrected chi connectivity index (χ0v) is 17.2. The average molecular weight is 422 g/mol. The van der Waals surface area contributed by atoms with E-state index in [9.17, 15) is 4.39 Å². The van der Waals surface area contributed by atoms with Gasteiger partial charge in [-0.1, -0.05) is 28.9 Å². The lowest BCUT2D eigenvalue weighted by Gasteiger charge is -2.21. The van der Waals surface area contributed by atoms with Gasteiger partial charge < -0.3 is 5.32 Å². The van der Waals surface area contributed by atoms with Crippen LogP contribution in [0.2, 0.25) is 5.02 Å². The molecule has 1 aliphatic rings. The van der Waals surface area contributed by atoms with Gasteiger partial charge in [0.1, 0.15) is 11.5 Å². The first-order chi connectivity index (χ1) is 14.7. The minimum absolute atomic E-state index is 0.241. The van der Waals surface area contributed by atoms with Gasteiger partial charge in [0.25, 0.3) is 0 Å². The van der Waals surface area contributed by atoms with E-state index in [1.165, 1.54) is 36.2 Å². The molecule has 0 saturated heterocycles. The van der Waals surface area contributed by atoms with E-state index in [0.29, 0.717) is 18.1 Å². The number of anilines is 1. The first kappa shape index (κ1) is 19.0. The highest BCUT2D eigenvalue weighted by atomic mass is 35.5. The summed E-state index contributed by atoms with van der Waals surface area (Å²) in [6, 6.07) is 12.3. The van der Waals surface area contributed by atoms with Crippen molar-refractivity contribution in [2.24, 2.45) is 0 Å². The van der Waals surface area contributed by atoms with Crippen LogP contribution in [0.4, 0.5) is 10.1 Å². The van der Waals surface area contributed by atoms with E-state index >= 15 is 0 Å². The fourth-order valence-corrected chi connectivity index (χ4v) is 4.22. The molecule has 0 aliphatic heterocycles. The second-order valence-corrected chi connectivity index (χ2v) is 8.10. The third kappa shape index (κ3) is 3.87. The van der Waals surface area contributed by atoms with Crippen LogP contribution in [0.15, 0.2) is 48.7 Å². The van der Waals surface area contributed by atoms with Gasteiger partial charge >= 0.3 is 0 Å². The lowest BCUT2D eigenvalue weighted by Crippen LogP contribution is -2.11. The molecule has 0 bridgehead atoms. The van der Waals surface area contributed by atoms with Gasteiger partial charge in [0.2, 0.25) is 0 Å². The Morgan fingerprint density at radius 1 is 1.07 bits per heavy atom. The molecule has 0 fully saturated rings. The Kier molecular flexibility index (Phi) is 5.09. The molecule has 2 heterocycles. The maximum absolute atomic E-state index is 13.1. The van der Waals surface area contributed by atoms with Crippen molar-refractivity contribution in [3.8, 4) is 0 Å². The molecule has 0 atom stereocenters. The summed E-state index contributed by atoms with van der Waals surface area (Å²) in [4.78, 5) is 4.87. The van der Waals surface area contributed by atoms with E-state index in [1.807, 2.05) is 24.4 Å². The summed E-state index contributed by atoms with van der Waals surface area (Å²) < 4.78 is 14.9. The maximum atomic E-state index is 13.1. The molecule has 30 heavy (non-hydrogen) atoms. The fourth-order valence-electron chi connectivity index (χ4n) is 4.05. The molecule has 4 aromatic rings. The van der Waals surface area contributed by atoms with E-state index in [4.69, 9.17) is 16.6 Å². The summed E-state index contributed by atoms with van der Waals surface area (Å²) in [5, 5.41) is 13.8. The zero-order valence-electron chi connectivity index (χ0n) is 16.4. The Labute approximate surface area is 178 Å². The quantitative estimate of drug-likeness (QED) is 0.483. The van der Waals surface area contributed by atoms with E-state index < -0.39 is 0 Å². The lowest BCUT2D eigenvalue weighted by molar-refractivity contribution is 0.621. The number of halogens is 2. The van der Waals surface area contributed by atoms with Gasteiger partial charge in [-0.3, -0.25) is 4.98 Å². The largest absolute Gasteiger partial charge is 0.378 e. The molecule has 0 unspecified atom stereocenters. The van der Waals surface area contributed by atoms with Gasteiger partial charge in [-0.2, -0.15) is 0 Å². The Balaban J connectivity index is 1.39. The number of hydrogen-bond acceptors (Lipinski definition) is 4. The number of pyridine rings is 1. The molecule has 0 saturated carbocycles. The SMILES string of the molecule is Fc1ccc(Cn2cc(CNc3c4c(nc5ccc(Cl)cc35)CCCC4)nn2)cc1. The number of benzene rings is 2. The van der Waals surface area contributed by atoms with Crippen molar-refractivity contribution < 1.29 is 4.39 Å². The molecule has 152 valence electrons. The van der Waals surface area contributed by atoms with Crippen molar-refractivity contribution in [1.29, 1.82) is 0 Å². The molecular weight excluding hydrogens is 401 g/mol. The molecule has 7 heteroatoms. The van der Waals surface area contributed by atoms with Gasteiger partial charge in [-0.25, -0.2) is 9.07 Å². The van der Waals surface area contributed by atoms with Crippen LogP contribution in [-0.4, -0.2) is 20.0 Å². The third-order valence-electron chi connectivity index (χ3n) is 5.51. The van der Waals surface area contributed by atoms with Crippen LogP contribution >= 0.6 is 11.6 Å². The highest BCUT2D eigenvalue weighted by Gasteiger charge is 2.18. The number of nitrogens with zero attached hydrogens (tertiary/aromatic N) is 4. The second kappa shape index (κ2) is 8.03. The Bertz CT molecular complexity index is 1200. The van der Waals surface area contributed by atoms with Crippen molar-refractivity contribution in [3.63, 3.8) is 0 Å². The van der Waals surface area contributed by atoms with Crippen molar-refractivity contribution in [2.45, 2.75) is 38.8 Å². The van der Waals surface area contributed by atoms with Crippen molar-refractivity contribution in [2.75, 3.05) is 5.32 Å². The Morgan fingerprint density at radius 3 is 2.77 bits per heavy atom. The van der Waals surface area contributed by atoms with Crippen LogP contribution in [0.25, 0.3) is 10.9 Å². The number of nitrogens with one attached hydrogen (secondary N) is 1. The first-order valence-corrected chi connectivity index (χ1v) is 10.5. The summed E-state index contributed by atoms with van der Waals surface area (Å²) in [5.74, 6) is -0.241. The first-order valence-electron chi connectivity index (χ1n) is 10.1. The van der Waals surface area contributed by atoms with E-state index in [2.05, 4.69) is 15.6 Å². The summed E-state index contributed by atoms with van der Waals surface area (Å²) >= 11 is 6.28. The zero-order chi connectivity index (χ0) is 20.5. The summed E-state index contributed by atoms with van der Waals surface area (Å²) in [6.07, 6.45) is 6.29. The van der Waals surface area contributed by atoms with Gasteiger partial charge in [0.05, 0.1) is 24.8 Å².